The van der Waals surface area contributed by atoms with E-state index in [4.69, 9.17) is 16.3 Å². The number of aromatic nitrogens is 1. The quantitative estimate of drug-likeness (QED) is 0.379. The molecule has 0 spiro atoms. The van der Waals surface area contributed by atoms with Crippen molar-refractivity contribution in [2.75, 3.05) is 37.6 Å². The van der Waals surface area contributed by atoms with Gasteiger partial charge in [0.15, 0.2) is 0 Å². The number of rotatable bonds is 6. The minimum atomic E-state index is -0.579. The van der Waals surface area contributed by atoms with Crippen LogP contribution in [0.1, 0.15) is 31.2 Å². The number of carbonyl (C=O) groups is 2. The van der Waals surface area contributed by atoms with Crippen molar-refractivity contribution in [1.82, 2.24) is 14.8 Å². The first-order chi connectivity index (χ1) is 19.3. The molecule has 2 aliphatic rings. The second-order valence-electron chi connectivity index (χ2n) is 10.2. The van der Waals surface area contributed by atoms with Crippen LogP contribution in [-0.4, -0.2) is 65.5 Å². The van der Waals surface area contributed by atoms with Crippen molar-refractivity contribution in [1.29, 1.82) is 0 Å². The predicted octanol–water partition coefficient (Wildman–Crippen LogP) is 5.75. The first kappa shape index (κ1) is 27.8. The van der Waals surface area contributed by atoms with E-state index in [-0.39, 0.29) is 35.4 Å². The van der Waals surface area contributed by atoms with E-state index in [1.54, 1.807) is 23.2 Å². The van der Waals surface area contributed by atoms with Gasteiger partial charge in [0.05, 0.1) is 11.1 Å². The van der Waals surface area contributed by atoms with Crippen molar-refractivity contribution in [3.05, 3.63) is 89.1 Å². The number of likely N-dealkylation sites (tertiary alicyclic amines) is 1. The molecule has 2 aliphatic heterocycles. The third-order valence-electron chi connectivity index (χ3n) is 7.77. The Hall–Kier alpha value is -3.72. The molecule has 2 fully saturated rings. The van der Waals surface area contributed by atoms with Crippen LogP contribution in [0.2, 0.25) is 5.02 Å². The zero-order valence-corrected chi connectivity index (χ0v) is 22.9. The highest BCUT2D eigenvalue weighted by molar-refractivity contribution is 6.30. The lowest BCUT2D eigenvalue weighted by molar-refractivity contribution is -0.135. The third kappa shape index (κ3) is 6.20. The molecule has 1 aromatic heterocycles. The van der Waals surface area contributed by atoms with Crippen LogP contribution >= 0.6 is 11.6 Å². The molecule has 210 valence electrons. The van der Waals surface area contributed by atoms with E-state index in [1.807, 2.05) is 24.0 Å². The fourth-order valence-electron chi connectivity index (χ4n) is 5.65. The van der Waals surface area contributed by atoms with Crippen LogP contribution in [-0.2, 0) is 4.79 Å². The van der Waals surface area contributed by atoms with Crippen molar-refractivity contribution in [2.24, 2.45) is 5.92 Å². The minimum absolute atomic E-state index is 0.0567. The van der Waals surface area contributed by atoms with Gasteiger partial charge in [0, 0.05) is 50.8 Å². The summed E-state index contributed by atoms with van der Waals surface area (Å²) in [5.74, 6) is -0.00973. The Kier molecular flexibility index (Phi) is 8.49. The van der Waals surface area contributed by atoms with Crippen molar-refractivity contribution < 1.29 is 23.1 Å². The highest BCUT2D eigenvalue weighted by atomic mass is 35.5. The molecule has 2 saturated heterocycles. The smallest absolute Gasteiger partial charge is 0.410 e. The fourth-order valence-corrected chi connectivity index (χ4v) is 5.76. The fraction of sp³-hybridized carbons (Fsp3) is 0.367. The lowest BCUT2D eigenvalue weighted by Gasteiger charge is -2.34. The van der Waals surface area contributed by atoms with Gasteiger partial charge >= 0.3 is 6.09 Å². The lowest BCUT2D eigenvalue weighted by Crippen LogP contribution is -2.47. The van der Waals surface area contributed by atoms with Crippen LogP contribution in [0.15, 0.2) is 66.9 Å². The summed E-state index contributed by atoms with van der Waals surface area (Å²) in [6.45, 7) is 4.35. The molecule has 0 bridgehead atoms. The number of amides is 2. The number of likely N-dealkylation sites (N-methyl/N-ethyl adjacent to an activating group) is 1. The zero-order chi connectivity index (χ0) is 28.2. The largest absolute Gasteiger partial charge is 0.415 e. The predicted molar refractivity (Wildman–Crippen MR) is 148 cm³/mol. The molecule has 3 aromatic rings. The average Bonchev–Trinajstić information content (AvgIpc) is 3.40. The highest BCUT2D eigenvalue weighted by Crippen LogP contribution is 2.34. The van der Waals surface area contributed by atoms with Crippen LogP contribution in [0.4, 0.5) is 19.4 Å². The normalized spacial score (nSPS) is 19.5. The molecule has 3 heterocycles. The highest BCUT2D eigenvalue weighted by Gasteiger charge is 2.43. The molecule has 10 heteroatoms. The van der Waals surface area contributed by atoms with Crippen LogP contribution in [0, 0.1) is 17.6 Å². The van der Waals surface area contributed by atoms with Gasteiger partial charge in [0.25, 0.3) is 0 Å². The Balaban J connectivity index is 1.30. The molecule has 0 radical (unpaired) electrons. The number of benzene rings is 2. The molecule has 7 nitrogen and oxygen atoms in total. The first-order valence-electron chi connectivity index (χ1n) is 13.5. The minimum Gasteiger partial charge on any atom is -0.410 e. The molecular weight excluding hydrogens is 538 g/mol. The van der Waals surface area contributed by atoms with E-state index in [2.05, 4.69) is 9.88 Å². The summed E-state index contributed by atoms with van der Waals surface area (Å²) in [5.41, 5.74) is 0.846. The molecule has 40 heavy (non-hydrogen) atoms. The Morgan fingerprint density at radius 2 is 1.62 bits per heavy atom. The first-order valence-corrected chi connectivity index (χ1v) is 13.8. The topological polar surface area (TPSA) is 66.0 Å². The van der Waals surface area contributed by atoms with Crippen molar-refractivity contribution >= 4 is 29.4 Å². The molecule has 5 rings (SSSR count). The van der Waals surface area contributed by atoms with E-state index >= 15 is 0 Å². The molecule has 2 aromatic carbocycles. The van der Waals surface area contributed by atoms with Gasteiger partial charge in [0.2, 0.25) is 5.91 Å². The number of anilines is 1. The van der Waals surface area contributed by atoms with Crippen LogP contribution < -0.4 is 9.64 Å². The van der Waals surface area contributed by atoms with E-state index in [9.17, 15) is 18.4 Å². The van der Waals surface area contributed by atoms with Crippen LogP contribution in [0.25, 0.3) is 0 Å². The van der Waals surface area contributed by atoms with Gasteiger partial charge in [-0.25, -0.2) is 18.6 Å². The van der Waals surface area contributed by atoms with Crippen molar-refractivity contribution in [3.63, 3.8) is 0 Å². The Morgan fingerprint density at radius 3 is 2.23 bits per heavy atom. The van der Waals surface area contributed by atoms with Gasteiger partial charge < -0.3 is 19.4 Å². The number of nitrogens with zero attached hydrogens (tertiary/aromatic N) is 4. The molecule has 2 amide bonds. The van der Waals surface area contributed by atoms with Gasteiger partial charge in [-0.2, -0.15) is 0 Å². The summed E-state index contributed by atoms with van der Waals surface area (Å²) in [7, 11) is 0. The maximum atomic E-state index is 13.7. The Bertz CT molecular complexity index is 1320. The second-order valence-corrected chi connectivity index (χ2v) is 10.6. The van der Waals surface area contributed by atoms with Crippen molar-refractivity contribution in [2.45, 2.75) is 31.7 Å². The summed E-state index contributed by atoms with van der Waals surface area (Å²) in [5, 5.41) is 0.579. The van der Waals surface area contributed by atoms with E-state index < -0.39 is 11.9 Å². The van der Waals surface area contributed by atoms with E-state index in [1.165, 1.54) is 36.4 Å². The number of carbonyl (C=O) groups excluding carboxylic acids is 2. The second kappa shape index (κ2) is 12.2. The molecular formula is C30H31ClF2N4O3. The SMILES string of the molecule is CCN(C(=O)Oc1ccc(F)cc1)C1CN(C(=O)C2CCN(c3ccc(Cl)cn3)CC2)CC1c1ccc(F)cc1. The molecule has 2 unspecified atom stereocenters. The molecule has 0 saturated carbocycles. The van der Waals surface area contributed by atoms with Gasteiger partial charge in [-0.05, 0) is 73.9 Å². The number of hydrogen-bond donors (Lipinski definition) is 0. The summed E-state index contributed by atoms with van der Waals surface area (Å²) in [6, 6.07) is 14.8. The number of halogens is 3. The zero-order valence-electron chi connectivity index (χ0n) is 22.2. The number of ether oxygens (including phenoxy) is 1. The lowest BCUT2D eigenvalue weighted by atomic mass is 9.93. The maximum absolute atomic E-state index is 13.7. The third-order valence-corrected chi connectivity index (χ3v) is 8.00. The summed E-state index contributed by atoms with van der Waals surface area (Å²) < 4.78 is 32.6. The van der Waals surface area contributed by atoms with Gasteiger partial charge in [-0.1, -0.05) is 23.7 Å². The summed E-state index contributed by atoms with van der Waals surface area (Å²) >= 11 is 5.97. The molecule has 0 aliphatic carbocycles. The number of hydrogen-bond acceptors (Lipinski definition) is 5. The maximum Gasteiger partial charge on any atom is 0.415 e. The standard InChI is InChI=1S/C30H31ClF2N4O3/c1-2-37(30(39)40-25-10-8-24(33)9-11-25)27-19-36(18-26(27)20-3-6-23(32)7-4-20)29(38)21-13-15-35(16-14-21)28-12-5-22(31)17-34-28/h3-12,17,21,26-27H,2,13-16,18-19H2,1H3. The van der Waals surface area contributed by atoms with E-state index in [0.717, 1.165) is 11.4 Å². The van der Waals surface area contributed by atoms with Crippen LogP contribution in [0.5, 0.6) is 5.75 Å². The average molecular weight is 569 g/mol. The summed E-state index contributed by atoms with van der Waals surface area (Å²) in [6.07, 6.45) is 2.42. The molecule has 2 atom stereocenters. The monoisotopic (exact) mass is 568 g/mol. The van der Waals surface area contributed by atoms with Crippen LogP contribution in [0.3, 0.4) is 0 Å². The van der Waals surface area contributed by atoms with Gasteiger partial charge in [0.1, 0.15) is 23.2 Å². The van der Waals surface area contributed by atoms with Gasteiger partial charge in [-0.3, -0.25) is 4.79 Å². The van der Waals surface area contributed by atoms with Crippen molar-refractivity contribution in [3.8, 4) is 5.75 Å². The Morgan fingerprint density at radius 1 is 0.975 bits per heavy atom. The number of pyridine rings is 1. The summed E-state index contributed by atoms with van der Waals surface area (Å²) in [4.78, 5) is 36.9. The van der Waals surface area contributed by atoms with Gasteiger partial charge in [-0.15, -0.1) is 0 Å². The number of piperidine rings is 1. The Labute approximate surface area is 237 Å². The van der Waals surface area contributed by atoms with E-state index in [0.29, 0.717) is 50.6 Å². The molecule has 0 N–H and O–H groups in total.